The normalized spacial score (nSPS) is 10.1. The first-order chi connectivity index (χ1) is 6.74. The van der Waals surface area contributed by atoms with Gasteiger partial charge in [-0.3, -0.25) is 0 Å². The van der Waals surface area contributed by atoms with Crippen LogP contribution in [-0.4, -0.2) is 5.75 Å². The molecule has 0 unspecified atom stereocenters. The van der Waals surface area contributed by atoms with Crippen LogP contribution in [0.3, 0.4) is 0 Å². The van der Waals surface area contributed by atoms with Crippen LogP contribution < -0.4 is 5.73 Å². The number of hydrogen-bond donors (Lipinski definition) is 1. The van der Waals surface area contributed by atoms with E-state index in [0.29, 0.717) is 0 Å². The summed E-state index contributed by atoms with van der Waals surface area (Å²) in [6.07, 6.45) is 4.26. The van der Waals surface area contributed by atoms with E-state index in [0.717, 1.165) is 17.9 Å². The van der Waals surface area contributed by atoms with Crippen molar-refractivity contribution >= 4 is 17.4 Å². The number of allylic oxidation sites excluding steroid dienone is 1. The van der Waals surface area contributed by atoms with Gasteiger partial charge in [-0.1, -0.05) is 6.08 Å². The standard InChI is InChI=1S/C12H17NS/c1-3-4-5-8-14-12-7-6-11(13)9-10(12)2/h3,6-7,9H,1,4-5,8,13H2,2H3. The van der Waals surface area contributed by atoms with Crippen LogP contribution in [0.2, 0.25) is 0 Å². The van der Waals surface area contributed by atoms with Gasteiger partial charge < -0.3 is 5.73 Å². The van der Waals surface area contributed by atoms with Crippen molar-refractivity contribution in [2.75, 3.05) is 11.5 Å². The fraction of sp³-hybridized carbons (Fsp3) is 0.333. The second kappa shape index (κ2) is 5.76. The van der Waals surface area contributed by atoms with E-state index < -0.39 is 0 Å². The fourth-order valence-corrected chi connectivity index (χ4v) is 2.23. The lowest BCUT2D eigenvalue weighted by Gasteiger charge is -2.05. The van der Waals surface area contributed by atoms with Crippen LogP contribution in [0.4, 0.5) is 5.69 Å². The van der Waals surface area contributed by atoms with Gasteiger partial charge in [0.15, 0.2) is 0 Å². The van der Waals surface area contributed by atoms with E-state index in [4.69, 9.17) is 5.73 Å². The van der Waals surface area contributed by atoms with Crippen molar-refractivity contribution in [3.63, 3.8) is 0 Å². The Bertz CT molecular complexity index is 307. The van der Waals surface area contributed by atoms with Crippen LogP contribution in [0.25, 0.3) is 0 Å². The molecular formula is C12H17NS. The van der Waals surface area contributed by atoms with Gasteiger partial charge in [-0.15, -0.1) is 18.3 Å². The van der Waals surface area contributed by atoms with Crippen LogP contribution in [0.1, 0.15) is 18.4 Å². The first-order valence-corrected chi connectivity index (χ1v) is 5.82. The minimum atomic E-state index is 0.845. The molecule has 1 aromatic rings. The molecule has 1 rings (SSSR count). The summed E-state index contributed by atoms with van der Waals surface area (Å²) in [5.74, 6) is 1.15. The molecule has 0 atom stereocenters. The molecule has 0 aromatic heterocycles. The van der Waals surface area contributed by atoms with Gasteiger partial charge in [-0.2, -0.15) is 0 Å². The molecule has 0 aliphatic heterocycles. The zero-order valence-corrected chi connectivity index (χ0v) is 9.44. The smallest absolute Gasteiger partial charge is 0.0317 e. The molecule has 0 radical (unpaired) electrons. The van der Waals surface area contributed by atoms with E-state index >= 15 is 0 Å². The van der Waals surface area contributed by atoms with E-state index in [1.807, 2.05) is 30.0 Å². The summed E-state index contributed by atoms with van der Waals surface area (Å²) in [5, 5.41) is 0. The van der Waals surface area contributed by atoms with Gasteiger partial charge in [0.25, 0.3) is 0 Å². The van der Waals surface area contributed by atoms with Crippen molar-refractivity contribution < 1.29 is 0 Å². The fourth-order valence-electron chi connectivity index (χ4n) is 1.24. The number of rotatable bonds is 5. The van der Waals surface area contributed by atoms with Crippen molar-refractivity contribution in [3.05, 3.63) is 36.4 Å². The number of thioether (sulfide) groups is 1. The molecule has 2 heteroatoms. The predicted molar refractivity (Wildman–Crippen MR) is 65.7 cm³/mol. The van der Waals surface area contributed by atoms with Crippen molar-refractivity contribution in [1.82, 2.24) is 0 Å². The van der Waals surface area contributed by atoms with Crippen LogP contribution in [0.15, 0.2) is 35.7 Å². The average molecular weight is 207 g/mol. The molecule has 0 aliphatic carbocycles. The highest BCUT2D eigenvalue weighted by molar-refractivity contribution is 7.99. The highest BCUT2D eigenvalue weighted by Gasteiger charge is 1.98. The minimum absolute atomic E-state index is 0.845. The van der Waals surface area contributed by atoms with Gasteiger partial charge >= 0.3 is 0 Å². The lowest BCUT2D eigenvalue weighted by molar-refractivity contribution is 0.973. The van der Waals surface area contributed by atoms with Gasteiger partial charge in [0.05, 0.1) is 0 Å². The van der Waals surface area contributed by atoms with E-state index in [1.54, 1.807) is 0 Å². The Morgan fingerprint density at radius 3 is 2.93 bits per heavy atom. The Labute approximate surface area is 90.4 Å². The largest absolute Gasteiger partial charge is 0.399 e. The second-order valence-corrected chi connectivity index (χ2v) is 4.44. The van der Waals surface area contributed by atoms with Gasteiger partial charge in [0.2, 0.25) is 0 Å². The number of hydrogen-bond acceptors (Lipinski definition) is 2. The SMILES string of the molecule is C=CCCCSc1ccc(N)cc1C. The Hall–Kier alpha value is -0.890. The van der Waals surface area contributed by atoms with Crippen molar-refractivity contribution in [2.24, 2.45) is 0 Å². The minimum Gasteiger partial charge on any atom is -0.399 e. The average Bonchev–Trinajstić information content (AvgIpc) is 2.15. The van der Waals surface area contributed by atoms with Crippen molar-refractivity contribution in [2.45, 2.75) is 24.7 Å². The maximum atomic E-state index is 5.68. The second-order valence-electron chi connectivity index (χ2n) is 3.30. The Kier molecular flexibility index (Phi) is 4.60. The van der Waals surface area contributed by atoms with Crippen LogP contribution in [-0.2, 0) is 0 Å². The zero-order valence-electron chi connectivity index (χ0n) is 8.62. The number of benzene rings is 1. The molecule has 0 spiro atoms. The first kappa shape index (κ1) is 11.2. The number of aryl methyl sites for hydroxylation is 1. The first-order valence-electron chi connectivity index (χ1n) is 4.84. The topological polar surface area (TPSA) is 26.0 Å². The maximum absolute atomic E-state index is 5.68. The molecule has 0 saturated heterocycles. The monoisotopic (exact) mass is 207 g/mol. The van der Waals surface area contributed by atoms with E-state index in [1.165, 1.54) is 16.9 Å². The molecule has 0 heterocycles. The summed E-state index contributed by atoms with van der Waals surface area (Å²) in [5.41, 5.74) is 7.80. The molecule has 0 bridgehead atoms. The van der Waals surface area contributed by atoms with Gasteiger partial charge in [0, 0.05) is 10.6 Å². The van der Waals surface area contributed by atoms with Gasteiger partial charge in [-0.25, -0.2) is 0 Å². The molecule has 76 valence electrons. The van der Waals surface area contributed by atoms with Gasteiger partial charge in [0.1, 0.15) is 0 Å². The molecule has 1 nitrogen and oxygen atoms in total. The lowest BCUT2D eigenvalue weighted by atomic mass is 10.2. The molecule has 2 N–H and O–H groups in total. The van der Waals surface area contributed by atoms with Crippen molar-refractivity contribution in [3.8, 4) is 0 Å². The van der Waals surface area contributed by atoms with E-state index in [-0.39, 0.29) is 0 Å². The molecule has 0 aliphatic rings. The third-order valence-electron chi connectivity index (χ3n) is 2.01. The highest BCUT2D eigenvalue weighted by Crippen LogP contribution is 2.24. The Morgan fingerprint density at radius 2 is 2.29 bits per heavy atom. The number of nitrogens with two attached hydrogens (primary N) is 1. The Morgan fingerprint density at radius 1 is 1.50 bits per heavy atom. The zero-order chi connectivity index (χ0) is 10.4. The molecular weight excluding hydrogens is 190 g/mol. The molecule has 0 saturated carbocycles. The van der Waals surface area contributed by atoms with Crippen LogP contribution in [0.5, 0.6) is 0 Å². The van der Waals surface area contributed by atoms with Gasteiger partial charge in [-0.05, 0) is 49.3 Å². The molecule has 14 heavy (non-hydrogen) atoms. The number of anilines is 1. The maximum Gasteiger partial charge on any atom is 0.0317 e. The number of nitrogen functional groups attached to an aromatic ring is 1. The summed E-state index contributed by atoms with van der Waals surface area (Å²) in [6, 6.07) is 6.09. The molecule has 1 aromatic carbocycles. The molecule has 0 amide bonds. The predicted octanol–water partition coefficient (Wildman–Crippen LogP) is 3.64. The third kappa shape index (κ3) is 3.46. The summed E-state index contributed by atoms with van der Waals surface area (Å²) >= 11 is 1.89. The van der Waals surface area contributed by atoms with Crippen LogP contribution >= 0.6 is 11.8 Å². The van der Waals surface area contributed by atoms with E-state index in [2.05, 4.69) is 19.6 Å². The molecule has 0 fully saturated rings. The summed E-state index contributed by atoms with van der Waals surface area (Å²) in [4.78, 5) is 1.34. The third-order valence-corrected chi connectivity index (χ3v) is 3.27. The number of unbranched alkanes of at least 4 members (excludes halogenated alkanes) is 1. The quantitative estimate of drug-likeness (QED) is 0.345. The highest BCUT2D eigenvalue weighted by atomic mass is 32.2. The lowest BCUT2D eigenvalue weighted by Crippen LogP contribution is -1.88. The summed E-state index contributed by atoms with van der Waals surface area (Å²) < 4.78 is 0. The summed E-state index contributed by atoms with van der Waals surface area (Å²) in [7, 11) is 0. The summed E-state index contributed by atoms with van der Waals surface area (Å²) in [6.45, 7) is 5.81. The van der Waals surface area contributed by atoms with Crippen LogP contribution in [0, 0.1) is 6.92 Å². The van der Waals surface area contributed by atoms with Crippen molar-refractivity contribution in [1.29, 1.82) is 0 Å². The Balaban J connectivity index is 2.46. The van der Waals surface area contributed by atoms with E-state index in [9.17, 15) is 0 Å².